The minimum absolute atomic E-state index is 0.0804. The standard InChI is InChI=1S/C28H28F5N3O3.C3H6O2.C3H8/c1-6-21(19-11-17(12-20(29)25(19)30)24-15(3)9-14(2)10-16(24)4)35-23(37)13-34-26(38)18-7-8-22(28(31,32)33)36(5)27(18)39;1-2-5-3-4;1-3-2/h7-12,21H,6,13H2,1-5H3,(H,34,38)(H,35,37);3H,2H2,1H3;3H2,1-2H3. The average Bonchev–Trinajstić information content (AvgIpc) is 2.98. The van der Waals surface area contributed by atoms with Crippen molar-refractivity contribution in [2.75, 3.05) is 13.2 Å². The van der Waals surface area contributed by atoms with Crippen LogP contribution in [0.15, 0.2) is 41.2 Å². The van der Waals surface area contributed by atoms with Crippen LogP contribution in [0.25, 0.3) is 11.1 Å². The SMILES string of the molecule is CCC.CCC(NC(=O)CNC(=O)c1ccc(C(F)(F)F)n(C)c1=O)c1cc(-c2c(C)cc(C)cc2C)cc(F)c1F.CCOC=O. The molecule has 0 saturated heterocycles. The molecule has 3 rings (SSSR count). The topological polar surface area (TPSA) is 106 Å². The van der Waals surface area contributed by atoms with Crippen LogP contribution in [-0.4, -0.2) is 36.0 Å². The van der Waals surface area contributed by atoms with Gasteiger partial charge in [0.1, 0.15) is 11.3 Å². The van der Waals surface area contributed by atoms with Crippen LogP contribution in [0.2, 0.25) is 0 Å². The van der Waals surface area contributed by atoms with E-state index in [0.717, 1.165) is 41.4 Å². The van der Waals surface area contributed by atoms with Gasteiger partial charge >= 0.3 is 6.18 Å². The molecule has 2 aromatic carbocycles. The van der Waals surface area contributed by atoms with E-state index in [-0.39, 0.29) is 12.0 Å². The van der Waals surface area contributed by atoms with Gasteiger partial charge in [0.05, 0.1) is 19.2 Å². The number of ether oxygens (including phenoxy) is 1. The molecular weight excluding hydrogens is 625 g/mol. The number of alkyl halides is 3. The number of rotatable bonds is 9. The van der Waals surface area contributed by atoms with Gasteiger partial charge in [-0.3, -0.25) is 19.2 Å². The van der Waals surface area contributed by atoms with Gasteiger partial charge in [-0.2, -0.15) is 13.2 Å². The molecule has 0 aliphatic heterocycles. The third kappa shape index (κ3) is 11.3. The van der Waals surface area contributed by atoms with Crippen LogP contribution < -0.4 is 16.2 Å². The fraction of sp³-hybridized carbons (Fsp3) is 0.412. The minimum Gasteiger partial charge on any atom is -0.468 e. The second-order valence-corrected chi connectivity index (χ2v) is 10.6. The highest BCUT2D eigenvalue weighted by atomic mass is 19.4. The fourth-order valence-electron chi connectivity index (χ4n) is 4.71. The minimum atomic E-state index is -4.79. The Hall–Kier alpha value is -4.55. The first-order valence-corrected chi connectivity index (χ1v) is 15.0. The second-order valence-electron chi connectivity index (χ2n) is 10.6. The Morgan fingerprint density at radius 2 is 1.55 bits per heavy atom. The average molecular weight is 668 g/mol. The molecule has 13 heteroatoms. The summed E-state index contributed by atoms with van der Waals surface area (Å²) in [6.45, 7) is 13.6. The predicted octanol–water partition coefficient (Wildman–Crippen LogP) is 6.87. The fourth-order valence-corrected chi connectivity index (χ4v) is 4.71. The van der Waals surface area contributed by atoms with Gasteiger partial charge in [0.15, 0.2) is 11.6 Å². The zero-order valence-corrected chi connectivity index (χ0v) is 27.8. The molecular formula is C34H42F5N3O5. The Labute approximate surface area is 271 Å². The van der Waals surface area contributed by atoms with Crippen molar-refractivity contribution in [3.05, 3.63) is 91.9 Å². The third-order valence-corrected chi connectivity index (χ3v) is 6.62. The summed E-state index contributed by atoms with van der Waals surface area (Å²) in [5.41, 5.74) is 0.859. The van der Waals surface area contributed by atoms with Crippen LogP contribution in [0.4, 0.5) is 22.0 Å². The van der Waals surface area contributed by atoms with E-state index in [9.17, 15) is 41.1 Å². The molecule has 0 aliphatic carbocycles. The zero-order chi connectivity index (χ0) is 36.1. The first-order valence-electron chi connectivity index (χ1n) is 15.0. The monoisotopic (exact) mass is 667 g/mol. The number of hydrogen-bond acceptors (Lipinski definition) is 5. The maximum atomic E-state index is 14.9. The molecule has 0 bridgehead atoms. The summed E-state index contributed by atoms with van der Waals surface area (Å²) in [7, 11) is 0.877. The van der Waals surface area contributed by atoms with Gasteiger partial charge in [-0.15, -0.1) is 0 Å². The second kappa shape index (κ2) is 18.6. The lowest BCUT2D eigenvalue weighted by molar-refractivity contribution is -0.143. The molecule has 0 radical (unpaired) electrons. The van der Waals surface area contributed by atoms with Crippen molar-refractivity contribution in [2.45, 2.75) is 73.5 Å². The van der Waals surface area contributed by atoms with Crippen molar-refractivity contribution in [1.29, 1.82) is 0 Å². The summed E-state index contributed by atoms with van der Waals surface area (Å²) in [6, 6.07) is 6.79. The van der Waals surface area contributed by atoms with E-state index in [0.29, 0.717) is 29.3 Å². The van der Waals surface area contributed by atoms with Crippen LogP contribution in [0.3, 0.4) is 0 Å². The number of aromatic nitrogens is 1. The van der Waals surface area contributed by atoms with E-state index in [2.05, 4.69) is 29.2 Å². The number of nitrogens with one attached hydrogen (secondary N) is 2. The molecule has 2 N–H and O–H groups in total. The molecule has 258 valence electrons. The van der Waals surface area contributed by atoms with Crippen molar-refractivity contribution in [1.82, 2.24) is 15.2 Å². The lowest BCUT2D eigenvalue weighted by Gasteiger charge is -2.21. The largest absolute Gasteiger partial charge is 0.468 e. The van der Waals surface area contributed by atoms with E-state index in [1.165, 1.54) is 12.5 Å². The predicted molar refractivity (Wildman–Crippen MR) is 170 cm³/mol. The molecule has 1 unspecified atom stereocenters. The summed E-state index contributed by atoms with van der Waals surface area (Å²) in [4.78, 5) is 46.4. The molecule has 3 aromatic rings. The van der Waals surface area contributed by atoms with E-state index >= 15 is 0 Å². The van der Waals surface area contributed by atoms with Gasteiger partial charge in [-0.05, 0) is 80.6 Å². The lowest BCUT2D eigenvalue weighted by atomic mass is 9.91. The summed E-state index contributed by atoms with van der Waals surface area (Å²) < 4.78 is 72.9. The van der Waals surface area contributed by atoms with Crippen molar-refractivity contribution in [2.24, 2.45) is 7.05 Å². The maximum Gasteiger partial charge on any atom is 0.431 e. The number of aryl methyl sites for hydroxylation is 3. The number of hydrogen-bond donors (Lipinski definition) is 2. The van der Waals surface area contributed by atoms with Crippen molar-refractivity contribution < 1.29 is 41.1 Å². The number of amides is 2. The number of carbonyl (C=O) groups is 3. The van der Waals surface area contributed by atoms with Crippen LogP contribution in [0, 0.1) is 32.4 Å². The molecule has 1 atom stereocenters. The molecule has 1 aromatic heterocycles. The number of pyridine rings is 1. The number of benzene rings is 2. The van der Waals surface area contributed by atoms with Crippen molar-refractivity contribution in [3.63, 3.8) is 0 Å². The Kier molecular flexibility index (Phi) is 16.0. The Balaban J connectivity index is 0.00000124. The molecule has 0 fully saturated rings. The van der Waals surface area contributed by atoms with Gasteiger partial charge in [-0.1, -0.05) is 44.9 Å². The molecule has 1 heterocycles. The first-order chi connectivity index (χ1) is 22.0. The lowest BCUT2D eigenvalue weighted by Crippen LogP contribution is -2.41. The third-order valence-electron chi connectivity index (χ3n) is 6.62. The summed E-state index contributed by atoms with van der Waals surface area (Å²) in [5, 5.41) is 4.71. The zero-order valence-electron chi connectivity index (χ0n) is 27.8. The van der Waals surface area contributed by atoms with E-state index in [4.69, 9.17) is 0 Å². The quantitative estimate of drug-likeness (QED) is 0.192. The van der Waals surface area contributed by atoms with Gasteiger partial charge in [0, 0.05) is 12.6 Å². The van der Waals surface area contributed by atoms with E-state index in [1.54, 1.807) is 13.8 Å². The first kappa shape index (κ1) is 40.5. The molecule has 8 nitrogen and oxygen atoms in total. The molecule has 0 saturated carbocycles. The molecule has 0 aliphatic rings. The molecule has 0 spiro atoms. The van der Waals surface area contributed by atoms with Gasteiger partial charge in [-0.25, -0.2) is 8.78 Å². The Bertz CT molecular complexity index is 1580. The van der Waals surface area contributed by atoms with E-state index < -0.39 is 59.0 Å². The Morgan fingerprint density at radius 3 is 2.02 bits per heavy atom. The maximum absolute atomic E-state index is 14.9. The van der Waals surface area contributed by atoms with Crippen LogP contribution in [-0.2, 0) is 27.5 Å². The number of halogens is 5. The smallest absolute Gasteiger partial charge is 0.431 e. The summed E-state index contributed by atoms with van der Waals surface area (Å²) in [6.07, 6.45) is -3.36. The summed E-state index contributed by atoms with van der Waals surface area (Å²) >= 11 is 0. The van der Waals surface area contributed by atoms with Crippen LogP contribution >= 0.6 is 0 Å². The molecule has 47 heavy (non-hydrogen) atoms. The van der Waals surface area contributed by atoms with E-state index in [1.807, 2.05) is 32.9 Å². The van der Waals surface area contributed by atoms with Crippen molar-refractivity contribution in [3.8, 4) is 11.1 Å². The highest BCUT2D eigenvalue weighted by molar-refractivity contribution is 5.96. The van der Waals surface area contributed by atoms with Crippen molar-refractivity contribution >= 4 is 18.3 Å². The van der Waals surface area contributed by atoms with Gasteiger partial charge in [0.2, 0.25) is 5.91 Å². The highest BCUT2D eigenvalue weighted by Crippen LogP contribution is 2.33. The summed E-state index contributed by atoms with van der Waals surface area (Å²) in [5.74, 6) is -4.03. The Morgan fingerprint density at radius 1 is 0.979 bits per heavy atom. The van der Waals surface area contributed by atoms with Gasteiger partial charge < -0.3 is 19.9 Å². The van der Waals surface area contributed by atoms with Crippen LogP contribution in [0.1, 0.15) is 84.9 Å². The van der Waals surface area contributed by atoms with Gasteiger partial charge in [0.25, 0.3) is 17.9 Å². The number of carbonyl (C=O) groups excluding carboxylic acids is 3. The van der Waals surface area contributed by atoms with Crippen LogP contribution in [0.5, 0.6) is 0 Å². The molecule has 2 amide bonds. The highest BCUT2D eigenvalue weighted by Gasteiger charge is 2.34. The normalized spacial score (nSPS) is 11.3. The number of nitrogens with zero attached hydrogens (tertiary/aromatic N) is 1.